The predicted molar refractivity (Wildman–Crippen MR) is 50.1 cm³/mol. The third-order valence-corrected chi connectivity index (χ3v) is 1.90. The average Bonchev–Trinajstić information content (AvgIpc) is 2.01. The van der Waals surface area contributed by atoms with E-state index in [4.69, 9.17) is 0 Å². The van der Waals surface area contributed by atoms with Gasteiger partial charge in [0.2, 0.25) is 0 Å². The Balaban J connectivity index is 3.28. The van der Waals surface area contributed by atoms with Gasteiger partial charge in [-0.3, -0.25) is 0 Å². The molecule has 13 heavy (non-hydrogen) atoms. The van der Waals surface area contributed by atoms with Crippen LogP contribution < -0.4 is 0 Å². The highest BCUT2D eigenvalue weighted by molar-refractivity contribution is 8.00. The van der Waals surface area contributed by atoms with E-state index in [0.29, 0.717) is 6.42 Å². The van der Waals surface area contributed by atoms with Gasteiger partial charge in [0.1, 0.15) is 0 Å². The summed E-state index contributed by atoms with van der Waals surface area (Å²) in [6.45, 7) is 0. The van der Waals surface area contributed by atoms with Crippen molar-refractivity contribution in [1.29, 1.82) is 0 Å². The number of thioether (sulfide) groups is 1. The fourth-order valence-corrected chi connectivity index (χ4v) is 1.17. The van der Waals surface area contributed by atoms with Crippen molar-refractivity contribution in [2.24, 2.45) is 0 Å². The predicted octanol–water partition coefficient (Wildman–Crippen LogP) is 3.64. The first kappa shape index (κ1) is 12.7. The van der Waals surface area contributed by atoms with Gasteiger partial charge in [-0.25, -0.2) is 0 Å². The molecule has 0 spiro atoms. The molecule has 0 fully saturated rings. The molecule has 1 radical (unpaired) electrons. The van der Waals surface area contributed by atoms with Crippen molar-refractivity contribution in [3.8, 4) is 11.8 Å². The molecular weight excluding hydrogens is 197 g/mol. The first-order valence-corrected chi connectivity index (χ1v) is 5.15. The third kappa shape index (κ3) is 11.7. The van der Waals surface area contributed by atoms with E-state index in [9.17, 15) is 13.2 Å². The Labute approximate surface area is 81.3 Å². The lowest BCUT2D eigenvalue weighted by atomic mass is 10.2. The van der Waals surface area contributed by atoms with Gasteiger partial charge < -0.3 is 0 Å². The van der Waals surface area contributed by atoms with Gasteiger partial charge in [0.05, 0.1) is 0 Å². The van der Waals surface area contributed by atoms with Crippen molar-refractivity contribution in [1.82, 2.24) is 0 Å². The molecule has 0 bridgehead atoms. The highest BCUT2D eigenvalue weighted by Crippen LogP contribution is 2.12. The van der Waals surface area contributed by atoms with Crippen LogP contribution >= 0.6 is 11.8 Å². The second-order valence-electron chi connectivity index (χ2n) is 2.52. The zero-order valence-corrected chi connectivity index (χ0v) is 8.10. The number of hydrogen-bond acceptors (Lipinski definition) is 1. The summed E-state index contributed by atoms with van der Waals surface area (Å²) in [6.07, 6.45) is 2.26. The van der Waals surface area contributed by atoms with Gasteiger partial charge in [0.25, 0.3) is 0 Å². The molecule has 75 valence electrons. The lowest BCUT2D eigenvalue weighted by Gasteiger charge is -1.95. The van der Waals surface area contributed by atoms with E-state index in [2.05, 4.69) is 12.2 Å². The quantitative estimate of drug-likeness (QED) is 0.492. The Hall–Kier alpha value is -0.300. The number of halogens is 3. The molecule has 0 amide bonds. The average molecular weight is 209 g/mol. The summed E-state index contributed by atoms with van der Waals surface area (Å²) in [5.41, 5.74) is 0. The molecule has 0 aliphatic rings. The van der Waals surface area contributed by atoms with Gasteiger partial charge in [0.15, 0.2) is 0 Å². The molecule has 0 aromatic carbocycles. The summed E-state index contributed by atoms with van der Waals surface area (Å²) >= 11 is 1.50. The van der Waals surface area contributed by atoms with E-state index < -0.39 is 6.18 Å². The van der Waals surface area contributed by atoms with Gasteiger partial charge in [-0.2, -0.15) is 24.9 Å². The molecule has 0 N–H and O–H groups in total. The molecule has 0 unspecified atom stereocenters. The normalized spacial score (nSPS) is 10.8. The van der Waals surface area contributed by atoms with Crippen LogP contribution in [0.15, 0.2) is 0 Å². The van der Waals surface area contributed by atoms with Gasteiger partial charge in [-0.05, 0) is 18.6 Å². The van der Waals surface area contributed by atoms with E-state index in [1.807, 2.05) is 0 Å². The van der Waals surface area contributed by atoms with Gasteiger partial charge >= 0.3 is 6.18 Å². The Morgan fingerprint density at radius 3 is 2.38 bits per heavy atom. The van der Waals surface area contributed by atoms with Crippen molar-refractivity contribution < 1.29 is 13.2 Å². The van der Waals surface area contributed by atoms with E-state index in [0.717, 1.165) is 25.0 Å². The molecule has 0 aliphatic heterocycles. The standard InChI is InChI=1S/C9H12F3S/c1-13-8-6-4-2-3-5-7-9(10,11)12/h1-4,6,8H2. The Kier molecular flexibility index (Phi) is 6.97. The van der Waals surface area contributed by atoms with E-state index in [1.54, 1.807) is 0 Å². The molecule has 0 aromatic heterocycles. The minimum Gasteiger partial charge on any atom is -0.161 e. The van der Waals surface area contributed by atoms with Crippen LogP contribution in [0.4, 0.5) is 13.2 Å². The summed E-state index contributed by atoms with van der Waals surface area (Å²) in [6, 6.07) is 0. The molecule has 0 saturated heterocycles. The van der Waals surface area contributed by atoms with Crippen molar-refractivity contribution >= 4 is 11.8 Å². The van der Waals surface area contributed by atoms with Crippen molar-refractivity contribution in [2.75, 3.05) is 5.75 Å². The highest BCUT2D eigenvalue weighted by Gasteiger charge is 2.22. The number of hydrogen-bond donors (Lipinski definition) is 0. The van der Waals surface area contributed by atoms with Gasteiger partial charge in [-0.1, -0.05) is 12.3 Å². The number of unbranched alkanes of at least 4 members (excludes halogenated alkanes) is 3. The van der Waals surface area contributed by atoms with Gasteiger partial charge in [-0.15, -0.1) is 0 Å². The maximum atomic E-state index is 11.5. The molecule has 0 nitrogen and oxygen atoms in total. The Bertz CT molecular complexity index is 176. The van der Waals surface area contributed by atoms with Crippen molar-refractivity contribution in [3.05, 3.63) is 6.26 Å². The molecule has 0 aromatic rings. The van der Waals surface area contributed by atoms with Crippen LogP contribution in [0.25, 0.3) is 0 Å². The van der Waals surface area contributed by atoms with E-state index in [-0.39, 0.29) is 0 Å². The molecule has 0 atom stereocenters. The summed E-state index contributed by atoms with van der Waals surface area (Å²) in [5.74, 6) is 4.32. The Morgan fingerprint density at radius 2 is 1.85 bits per heavy atom. The number of rotatable bonds is 5. The lowest BCUT2D eigenvalue weighted by molar-refractivity contribution is -0.0697. The largest absolute Gasteiger partial charge is 0.457 e. The van der Waals surface area contributed by atoms with Crippen LogP contribution in [0.1, 0.15) is 25.7 Å². The van der Waals surface area contributed by atoms with Crippen LogP contribution in [-0.4, -0.2) is 11.9 Å². The molecule has 0 heterocycles. The van der Waals surface area contributed by atoms with Crippen molar-refractivity contribution in [2.45, 2.75) is 31.9 Å². The molecule has 0 saturated carbocycles. The van der Waals surface area contributed by atoms with Crippen LogP contribution in [0.3, 0.4) is 0 Å². The molecule has 0 aliphatic carbocycles. The lowest BCUT2D eigenvalue weighted by Crippen LogP contribution is -2.01. The van der Waals surface area contributed by atoms with E-state index >= 15 is 0 Å². The minimum absolute atomic E-state index is 0.335. The summed E-state index contributed by atoms with van der Waals surface area (Å²) in [5, 5.41) is 0. The second kappa shape index (κ2) is 7.14. The van der Waals surface area contributed by atoms with Crippen LogP contribution in [-0.2, 0) is 0 Å². The monoisotopic (exact) mass is 209 g/mol. The zero-order valence-electron chi connectivity index (χ0n) is 7.28. The zero-order chi connectivity index (χ0) is 10.2. The smallest absolute Gasteiger partial charge is 0.161 e. The van der Waals surface area contributed by atoms with Crippen LogP contribution in [0, 0.1) is 18.1 Å². The summed E-state index contributed by atoms with van der Waals surface area (Å²) in [4.78, 5) is 0. The SMILES string of the molecule is [CH2]SCCCCCC#CC(F)(F)F. The summed E-state index contributed by atoms with van der Waals surface area (Å²) in [7, 11) is 0. The van der Waals surface area contributed by atoms with Crippen molar-refractivity contribution in [3.63, 3.8) is 0 Å². The third-order valence-electron chi connectivity index (χ3n) is 1.32. The van der Waals surface area contributed by atoms with Crippen LogP contribution in [0.5, 0.6) is 0 Å². The van der Waals surface area contributed by atoms with E-state index in [1.165, 1.54) is 17.7 Å². The topological polar surface area (TPSA) is 0 Å². The molecular formula is C9H12F3S. The maximum Gasteiger partial charge on any atom is 0.457 e. The summed E-state index contributed by atoms with van der Waals surface area (Å²) < 4.78 is 34.5. The molecule has 0 rings (SSSR count). The van der Waals surface area contributed by atoms with Crippen LogP contribution in [0.2, 0.25) is 0 Å². The first-order valence-electron chi connectivity index (χ1n) is 4.00. The molecule has 4 heteroatoms. The highest BCUT2D eigenvalue weighted by atomic mass is 32.2. The fraction of sp³-hybridized carbons (Fsp3) is 0.667. The Morgan fingerprint density at radius 1 is 1.15 bits per heavy atom. The fourth-order valence-electron chi connectivity index (χ4n) is 0.757. The minimum atomic E-state index is -4.33. The first-order chi connectivity index (χ1) is 6.06. The van der Waals surface area contributed by atoms with Gasteiger partial charge in [0, 0.05) is 18.6 Å². The number of alkyl halides is 3. The second-order valence-corrected chi connectivity index (χ2v) is 3.33. The maximum absolute atomic E-state index is 11.5.